The van der Waals surface area contributed by atoms with Gasteiger partial charge < -0.3 is 10.1 Å². The second kappa shape index (κ2) is 6.11. The Bertz CT molecular complexity index is 262. The molecule has 4 heteroatoms. The molecule has 0 aromatic carbocycles. The van der Waals surface area contributed by atoms with Crippen molar-refractivity contribution < 1.29 is 4.74 Å². The van der Waals surface area contributed by atoms with Crippen LogP contribution in [0.4, 0.5) is 0 Å². The lowest BCUT2D eigenvalue weighted by atomic mass is 10.2. The van der Waals surface area contributed by atoms with Crippen LogP contribution < -0.4 is 5.32 Å². The molecule has 1 atom stereocenters. The number of aromatic nitrogens is 1. The van der Waals surface area contributed by atoms with Crippen LogP contribution in [0.1, 0.15) is 23.9 Å². The van der Waals surface area contributed by atoms with Gasteiger partial charge in [0.05, 0.1) is 17.8 Å². The smallest absolute Gasteiger partial charge is 0.0798 e. The van der Waals surface area contributed by atoms with Crippen LogP contribution in [0.5, 0.6) is 0 Å². The van der Waals surface area contributed by atoms with Crippen LogP contribution in [0.2, 0.25) is 0 Å². The van der Waals surface area contributed by atoms with Crippen molar-refractivity contribution in [2.75, 3.05) is 13.7 Å². The molecule has 0 fully saturated rings. The highest BCUT2D eigenvalue weighted by molar-refractivity contribution is 7.09. The maximum absolute atomic E-state index is 5.12. The SMILES string of the molecule is CC[C@@H](COC)NCc1scnc1C. The average Bonchev–Trinajstić information content (AvgIpc) is 2.59. The molecule has 1 rings (SSSR count). The van der Waals surface area contributed by atoms with Gasteiger partial charge in [0.2, 0.25) is 0 Å². The van der Waals surface area contributed by atoms with Crippen LogP contribution in [0.15, 0.2) is 5.51 Å². The number of aryl methyl sites for hydroxylation is 1. The molecule has 0 saturated carbocycles. The quantitative estimate of drug-likeness (QED) is 0.786. The van der Waals surface area contributed by atoms with Gasteiger partial charge in [0.15, 0.2) is 0 Å². The van der Waals surface area contributed by atoms with Gasteiger partial charge in [-0.1, -0.05) is 6.92 Å². The van der Waals surface area contributed by atoms with Crippen molar-refractivity contribution in [3.63, 3.8) is 0 Å². The molecule has 0 spiro atoms. The molecule has 0 aliphatic carbocycles. The molecule has 0 bridgehead atoms. The number of hydrogen-bond acceptors (Lipinski definition) is 4. The number of nitrogens with one attached hydrogen (secondary N) is 1. The minimum atomic E-state index is 0.446. The third-order valence-corrected chi connectivity index (χ3v) is 3.19. The van der Waals surface area contributed by atoms with Crippen LogP contribution in [0.3, 0.4) is 0 Å². The van der Waals surface area contributed by atoms with Gasteiger partial charge in [-0.3, -0.25) is 0 Å². The maximum Gasteiger partial charge on any atom is 0.0798 e. The van der Waals surface area contributed by atoms with E-state index in [-0.39, 0.29) is 0 Å². The molecule has 0 unspecified atom stereocenters. The van der Waals surface area contributed by atoms with Crippen molar-refractivity contribution in [3.05, 3.63) is 16.1 Å². The Labute approximate surface area is 89.5 Å². The molecule has 1 N–H and O–H groups in total. The molecule has 0 saturated heterocycles. The number of rotatable bonds is 6. The second-order valence-electron chi connectivity index (χ2n) is 3.30. The van der Waals surface area contributed by atoms with E-state index in [4.69, 9.17) is 4.74 Å². The molecule has 14 heavy (non-hydrogen) atoms. The fraction of sp³-hybridized carbons (Fsp3) is 0.700. The van der Waals surface area contributed by atoms with E-state index >= 15 is 0 Å². The summed E-state index contributed by atoms with van der Waals surface area (Å²) in [5.41, 5.74) is 3.03. The van der Waals surface area contributed by atoms with Gasteiger partial charge in [0, 0.05) is 24.6 Å². The summed E-state index contributed by atoms with van der Waals surface area (Å²) in [7, 11) is 1.74. The summed E-state index contributed by atoms with van der Waals surface area (Å²) in [6.07, 6.45) is 1.09. The zero-order valence-electron chi connectivity index (χ0n) is 9.04. The zero-order chi connectivity index (χ0) is 10.4. The van der Waals surface area contributed by atoms with Crippen molar-refractivity contribution >= 4 is 11.3 Å². The predicted molar refractivity (Wildman–Crippen MR) is 59.6 cm³/mol. The van der Waals surface area contributed by atoms with Gasteiger partial charge in [-0.05, 0) is 13.3 Å². The first-order valence-electron chi connectivity index (χ1n) is 4.89. The third kappa shape index (κ3) is 3.36. The summed E-state index contributed by atoms with van der Waals surface area (Å²) in [6.45, 7) is 5.88. The summed E-state index contributed by atoms with van der Waals surface area (Å²) in [5.74, 6) is 0. The van der Waals surface area contributed by atoms with Gasteiger partial charge in [0.1, 0.15) is 0 Å². The predicted octanol–water partition coefficient (Wildman–Crippen LogP) is 1.97. The van der Waals surface area contributed by atoms with E-state index < -0.39 is 0 Å². The number of thiazole rings is 1. The zero-order valence-corrected chi connectivity index (χ0v) is 9.86. The number of nitrogens with zero attached hydrogens (tertiary/aromatic N) is 1. The van der Waals surface area contributed by atoms with E-state index in [1.54, 1.807) is 18.4 Å². The van der Waals surface area contributed by atoms with Crippen LogP contribution in [0, 0.1) is 6.92 Å². The Balaban J connectivity index is 2.35. The normalized spacial score (nSPS) is 13.1. The average molecular weight is 214 g/mol. The lowest BCUT2D eigenvalue weighted by Crippen LogP contribution is -2.31. The third-order valence-electron chi connectivity index (χ3n) is 2.26. The summed E-state index contributed by atoms with van der Waals surface area (Å²) in [5, 5.41) is 3.46. The molecular formula is C10H18N2OS. The fourth-order valence-electron chi connectivity index (χ4n) is 1.26. The lowest BCUT2D eigenvalue weighted by Gasteiger charge is -2.15. The van der Waals surface area contributed by atoms with Crippen LogP contribution >= 0.6 is 11.3 Å². The van der Waals surface area contributed by atoms with Crippen molar-refractivity contribution in [1.82, 2.24) is 10.3 Å². The number of ether oxygens (including phenoxy) is 1. The van der Waals surface area contributed by atoms with E-state index in [0.29, 0.717) is 6.04 Å². The van der Waals surface area contributed by atoms with Crippen molar-refractivity contribution in [1.29, 1.82) is 0 Å². The highest BCUT2D eigenvalue weighted by Crippen LogP contribution is 2.11. The molecule has 0 amide bonds. The highest BCUT2D eigenvalue weighted by Gasteiger charge is 2.06. The number of methoxy groups -OCH3 is 1. The van der Waals surface area contributed by atoms with Crippen LogP contribution in [-0.2, 0) is 11.3 Å². The summed E-state index contributed by atoms with van der Waals surface area (Å²) in [6, 6.07) is 0.446. The van der Waals surface area contributed by atoms with E-state index in [1.807, 2.05) is 12.4 Å². The second-order valence-corrected chi connectivity index (χ2v) is 4.24. The Morgan fingerprint density at radius 1 is 1.64 bits per heavy atom. The minimum absolute atomic E-state index is 0.446. The molecule has 1 aromatic rings. The van der Waals surface area contributed by atoms with E-state index in [1.165, 1.54) is 4.88 Å². The first kappa shape index (κ1) is 11.6. The number of hydrogen-bond donors (Lipinski definition) is 1. The molecule has 1 heterocycles. The maximum atomic E-state index is 5.12. The molecular weight excluding hydrogens is 196 g/mol. The van der Waals surface area contributed by atoms with Gasteiger partial charge in [-0.25, -0.2) is 4.98 Å². The largest absolute Gasteiger partial charge is 0.383 e. The van der Waals surface area contributed by atoms with Crippen molar-refractivity contribution in [3.8, 4) is 0 Å². The Morgan fingerprint density at radius 2 is 2.43 bits per heavy atom. The first-order valence-corrected chi connectivity index (χ1v) is 5.77. The fourth-order valence-corrected chi connectivity index (χ4v) is 1.98. The van der Waals surface area contributed by atoms with Crippen LogP contribution in [0.25, 0.3) is 0 Å². The topological polar surface area (TPSA) is 34.1 Å². The molecule has 3 nitrogen and oxygen atoms in total. The Hall–Kier alpha value is -0.450. The minimum Gasteiger partial charge on any atom is -0.383 e. The van der Waals surface area contributed by atoms with Crippen molar-refractivity contribution in [2.45, 2.75) is 32.9 Å². The van der Waals surface area contributed by atoms with Gasteiger partial charge in [-0.2, -0.15) is 0 Å². The monoisotopic (exact) mass is 214 g/mol. The van der Waals surface area contributed by atoms with E-state index in [9.17, 15) is 0 Å². The van der Waals surface area contributed by atoms with Gasteiger partial charge in [0.25, 0.3) is 0 Å². The lowest BCUT2D eigenvalue weighted by molar-refractivity contribution is 0.164. The Morgan fingerprint density at radius 3 is 2.93 bits per heavy atom. The molecule has 0 radical (unpaired) electrons. The van der Waals surface area contributed by atoms with E-state index in [2.05, 4.69) is 17.2 Å². The standard InChI is InChI=1S/C10H18N2OS/c1-4-9(6-13-3)11-5-10-8(2)12-7-14-10/h7,9,11H,4-6H2,1-3H3/t9-/m0/s1. The summed E-state index contributed by atoms with van der Waals surface area (Å²) in [4.78, 5) is 5.53. The highest BCUT2D eigenvalue weighted by atomic mass is 32.1. The molecule has 80 valence electrons. The molecule has 0 aliphatic rings. The first-order chi connectivity index (χ1) is 6.77. The van der Waals surface area contributed by atoms with Crippen LogP contribution in [-0.4, -0.2) is 24.7 Å². The van der Waals surface area contributed by atoms with E-state index in [0.717, 1.165) is 25.3 Å². The van der Waals surface area contributed by atoms with Gasteiger partial charge >= 0.3 is 0 Å². The molecule has 1 aromatic heterocycles. The molecule has 0 aliphatic heterocycles. The van der Waals surface area contributed by atoms with Crippen molar-refractivity contribution in [2.24, 2.45) is 0 Å². The summed E-state index contributed by atoms with van der Waals surface area (Å²) >= 11 is 1.71. The Kier molecular flexibility index (Phi) is 5.07. The van der Waals surface area contributed by atoms with Gasteiger partial charge in [-0.15, -0.1) is 11.3 Å². The summed E-state index contributed by atoms with van der Waals surface area (Å²) < 4.78 is 5.12.